The van der Waals surface area contributed by atoms with Crippen LogP contribution in [0.3, 0.4) is 0 Å². The van der Waals surface area contributed by atoms with Crippen LogP contribution in [0.1, 0.15) is 26.7 Å². The molecular weight excluding hydrogens is 194 g/mol. The smallest absolute Gasteiger partial charge is 0.287 e. The summed E-state index contributed by atoms with van der Waals surface area (Å²) in [5.74, 6) is 0.729. The van der Waals surface area contributed by atoms with E-state index in [0.29, 0.717) is 0 Å². The molecule has 2 nitrogen and oxygen atoms in total. The molecule has 0 aromatic heterocycles. The normalized spacial score (nSPS) is 10.0. The minimum atomic E-state index is -0.115. The second kappa shape index (κ2) is 5.71. The summed E-state index contributed by atoms with van der Waals surface area (Å²) in [5.41, 5.74) is 0. The molecule has 0 spiro atoms. The van der Waals surface area contributed by atoms with E-state index >= 15 is 0 Å². The van der Waals surface area contributed by atoms with E-state index in [1.165, 1.54) is 6.42 Å². The predicted octanol–water partition coefficient (Wildman–Crippen LogP) is 2.53. The molecule has 0 fully saturated rings. The van der Waals surface area contributed by atoms with Crippen LogP contribution >= 0.6 is 15.9 Å². The van der Waals surface area contributed by atoms with Crippen molar-refractivity contribution in [2.24, 2.45) is 5.92 Å². The molecule has 0 heterocycles. The lowest BCUT2D eigenvalue weighted by atomic mass is 10.1. The largest absolute Gasteiger partial charge is 0.347 e. The summed E-state index contributed by atoms with van der Waals surface area (Å²) < 4.78 is 0. The number of carbonyl (C=O) groups is 1. The van der Waals surface area contributed by atoms with E-state index in [4.69, 9.17) is 0 Å². The topological polar surface area (TPSA) is 29.1 Å². The fourth-order valence-electron chi connectivity index (χ4n) is 0.697. The van der Waals surface area contributed by atoms with Crippen LogP contribution in [0, 0.1) is 5.92 Å². The number of nitrogens with one attached hydrogen (secondary N) is 1. The molecule has 0 atom stereocenters. The monoisotopic (exact) mass is 207 g/mol. The van der Waals surface area contributed by atoms with E-state index in [-0.39, 0.29) is 4.82 Å². The average molecular weight is 208 g/mol. The highest BCUT2D eigenvalue weighted by molar-refractivity contribution is 9.18. The molecule has 0 bridgehead atoms. The highest BCUT2D eigenvalue weighted by Crippen LogP contribution is 2.01. The lowest BCUT2D eigenvalue weighted by Crippen LogP contribution is -2.17. The fourth-order valence-corrected chi connectivity index (χ4v) is 0.895. The van der Waals surface area contributed by atoms with E-state index in [1.54, 1.807) is 0 Å². The van der Waals surface area contributed by atoms with Crippen molar-refractivity contribution in [1.29, 1.82) is 0 Å². The van der Waals surface area contributed by atoms with Crippen LogP contribution in [0.2, 0.25) is 0 Å². The van der Waals surface area contributed by atoms with Crippen molar-refractivity contribution in [3.8, 4) is 0 Å². The third-order valence-electron chi connectivity index (χ3n) is 1.22. The van der Waals surface area contributed by atoms with Gasteiger partial charge in [0.05, 0.1) is 0 Å². The molecule has 10 heavy (non-hydrogen) atoms. The first-order valence-electron chi connectivity index (χ1n) is 3.56. The van der Waals surface area contributed by atoms with Gasteiger partial charge in [-0.05, 0) is 18.8 Å². The van der Waals surface area contributed by atoms with Gasteiger partial charge >= 0.3 is 0 Å². The summed E-state index contributed by atoms with van der Waals surface area (Å²) >= 11 is 2.79. The second-order valence-corrected chi connectivity index (χ2v) is 3.46. The summed E-state index contributed by atoms with van der Waals surface area (Å²) in [6.45, 7) is 5.13. The Bertz CT molecular complexity index is 104. The van der Waals surface area contributed by atoms with Crippen LogP contribution < -0.4 is 5.32 Å². The number of hydrogen-bond donors (Lipinski definition) is 1. The van der Waals surface area contributed by atoms with Gasteiger partial charge in [-0.25, -0.2) is 0 Å². The molecule has 0 radical (unpaired) electrons. The summed E-state index contributed by atoms with van der Waals surface area (Å²) in [6, 6.07) is 0. The van der Waals surface area contributed by atoms with Gasteiger partial charge in [0.25, 0.3) is 4.82 Å². The van der Waals surface area contributed by atoms with Crippen LogP contribution in [0.25, 0.3) is 0 Å². The Kier molecular flexibility index (Phi) is 5.69. The molecule has 0 aliphatic heterocycles. The number of hydrogen-bond acceptors (Lipinski definition) is 1. The molecule has 0 unspecified atom stereocenters. The summed E-state index contributed by atoms with van der Waals surface area (Å²) in [7, 11) is 0. The van der Waals surface area contributed by atoms with Crippen molar-refractivity contribution < 1.29 is 4.79 Å². The average Bonchev–Trinajstić information content (AvgIpc) is 1.79. The molecule has 1 amide bonds. The quantitative estimate of drug-likeness (QED) is 0.429. The Morgan fingerprint density at radius 3 is 2.60 bits per heavy atom. The van der Waals surface area contributed by atoms with Gasteiger partial charge in [-0.15, -0.1) is 0 Å². The van der Waals surface area contributed by atoms with Crippen LogP contribution in [-0.2, 0) is 0 Å². The van der Waals surface area contributed by atoms with Gasteiger partial charge in [-0.1, -0.05) is 13.8 Å². The molecule has 0 rings (SSSR count). The lowest BCUT2D eigenvalue weighted by molar-refractivity contribution is 0.261. The Labute approximate surface area is 70.5 Å². The Morgan fingerprint density at radius 1 is 1.60 bits per heavy atom. The van der Waals surface area contributed by atoms with Gasteiger partial charge in [0.1, 0.15) is 0 Å². The van der Waals surface area contributed by atoms with E-state index in [9.17, 15) is 4.79 Å². The van der Waals surface area contributed by atoms with E-state index < -0.39 is 0 Å². The first kappa shape index (κ1) is 9.95. The summed E-state index contributed by atoms with van der Waals surface area (Å²) in [6.07, 6.45) is 2.24. The molecule has 1 N–H and O–H groups in total. The zero-order valence-corrected chi connectivity index (χ0v) is 8.07. The van der Waals surface area contributed by atoms with Crippen LogP contribution in [0.4, 0.5) is 4.79 Å². The lowest BCUT2D eigenvalue weighted by Gasteiger charge is -2.03. The van der Waals surface area contributed by atoms with Gasteiger partial charge < -0.3 is 5.32 Å². The van der Waals surface area contributed by atoms with Gasteiger partial charge in [0, 0.05) is 22.5 Å². The van der Waals surface area contributed by atoms with Crippen LogP contribution in [0.5, 0.6) is 0 Å². The van der Waals surface area contributed by atoms with E-state index in [2.05, 4.69) is 35.1 Å². The highest BCUT2D eigenvalue weighted by Gasteiger charge is 1.94. The molecule has 60 valence electrons. The van der Waals surface area contributed by atoms with Crippen LogP contribution in [0.15, 0.2) is 0 Å². The van der Waals surface area contributed by atoms with Crippen molar-refractivity contribution in [1.82, 2.24) is 5.32 Å². The molecule has 0 aliphatic rings. The first-order chi connectivity index (χ1) is 4.63. The van der Waals surface area contributed by atoms with Crippen molar-refractivity contribution in [2.45, 2.75) is 26.7 Å². The minimum Gasteiger partial charge on any atom is -0.347 e. The van der Waals surface area contributed by atoms with Gasteiger partial charge in [-0.2, -0.15) is 0 Å². The molecular formula is C7H14BrNO. The zero-order chi connectivity index (χ0) is 7.98. The van der Waals surface area contributed by atoms with E-state index in [1.807, 2.05) is 0 Å². The number of halogens is 1. The predicted molar refractivity (Wildman–Crippen MR) is 46.4 cm³/mol. The summed E-state index contributed by atoms with van der Waals surface area (Å²) in [4.78, 5) is 10.2. The van der Waals surface area contributed by atoms with Gasteiger partial charge in [0.15, 0.2) is 0 Å². The minimum absolute atomic E-state index is 0.115. The second-order valence-electron chi connectivity index (χ2n) is 2.74. The maximum Gasteiger partial charge on any atom is 0.287 e. The highest BCUT2D eigenvalue weighted by atomic mass is 79.9. The third kappa shape index (κ3) is 7.95. The Morgan fingerprint density at radius 2 is 2.20 bits per heavy atom. The van der Waals surface area contributed by atoms with E-state index in [0.717, 1.165) is 18.9 Å². The first-order valence-corrected chi connectivity index (χ1v) is 4.35. The van der Waals surface area contributed by atoms with Crippen molar-refractivity contribution in [3.05, 3.63) is 0 Å². The Balaban J connectivity index is 2.98. The maximum absolute atomic E-state index is 10.3. The standard InChI is InChI=1S/C7H14BrNO/c1-6(2)4-3-5-9-7(8)10/h6H,3-5H2,1-2H3,(H,9,10). The maximum atomic E-state index is 10.3. The Hall–Kier alpha value is -0.0500. The van der Waals surface area contributed by atoms with Crippen molar-refractivity contribution >= 4 is 20.7 Å². The fraction of sp³-hybridized carbons (Fsp3) is 0.857. The molecule has 3 heteroatoms. The SMILES string of the molecule is CC(C)CCCNC(=O)Br. The molecule has 0 saturated carbocycles. The third-order valence-corrected chi connectivity index (χ3v) is 1.50. The number of amides is 1. The van der Waals surface area contributed by atoms with Gasteiger partial charge in [0.2, 0.25) is 0 Å². The molecule has 0 saturated heterocycles. The molecule has 0 aromatic rings. The van der Waals surface area contributed by atoms with Crippen molar-refractivity contribution in [3.63, 3.8) is 0 Å². The molecule has 0 aliphatic carbocycles. The number of rotatable bonds is 4. The zero-order valence-electron chi connectivity index (χ0n) is 6.48. The number of carbonyl (C=O) groups excluding carboxylic acids is 1. The van der Waals surface area contributed by atoms with Crippen LogP contribution in [-0.4, -0.2) is 11.4 Å². The molecule has 0 aromatic carbocycles. The van der Waals surface area contributed by atoms with Gasteiger partial charge in [-0.3, -0.25) is 4.79 Å². The summed E-state index contributed by atoms with van der Waals surface area (Å²) in [5, 5.41) is 2.68. The van der Waals surface area contributed by atoms with Crippen molar-refractivity contribution in [2.75, 3.05) is 6.54 Å².